The molecule has 1 aromatic rings. The molecule has 0 saturated heterocycles. The van der Waals surface area contributed by atoms with Gasteiger partial charge >= 0.3 is 0 Å². The van der Waals surface area contributed by atoms with Gasteiger partial charge in [-0.1, -0.05) is 18.2 Å². The molecule has 2 atom stereocenters. The maximum atomic E-state index is 11.7. The van der Waals surface area contributed by atoms with Crippen LogP contribution < -0.4 is 4.74 Å². The Morgan fingerprint density at radius 3 is 2.89 bits per heavy atom. The Bertz CT molecular complexity index is 416. The fourth-order valence-electron chi connectivity index (χ4n) is 2.37. The summed E-state index contributed by atoms with van der Waals surface area (Å²) in [6.45, 7) is 0.127. The van der Waals surface area contributed by atoms with Gasteiger partial charge in [-0.05, 0) is 18.9 Å². The van der Waals surface area contributed by atoms with E-state index in [1.165, 1.54) is 0 Å². The third-order valence-corrected chi connectivity index (χ3v) is 3.30. The number of Topliss-reactive ketones (excluding diaryl/α,β-unsaturated/α-hetero) is 1. The molecule has 0 aliphatic heterocycles. The third-order valence-electron chi connectivity index (χ3n) is 3.30. The third kappa shape index (κ3) is 2.71. The molecule has 1 saturated carbocycles. The first-order valence-electron chi connectivity index (χ1n) is 6.15. The van der Waals surface area contributed by atoms with Crippen molar-refractivity contribution in [2.75, 3.05) is 13.9 Å². The molecule has 0 spiro atoms. The number of aliphatic hydroxyl groups is 1. The summed E-state index contributed by atoms with van der Waals surface area (Å²) in [5, 5.41) is 10.3. The molecule has 1 aromatic carbocycles. The molecule has 1 aliphatic carbocycles. The van der Waals surface area contributed by atoms with Crippen LogP contribution in [0.5, 0.6) is 5.75 Å². The second-order valence-corrected chi connectivity index (χ2v) is 4.50. The van der Waals surface area contributed by atoms with Gasteiger partial charge in [-0.25, -0.2) is 0 Å². The Balaban J connectivity index is 2.18. The molecule has 1 aliphatic rings. The van der Waals surface area contributed by atoms with Crippen LogP contribution in [0.25, 0.3) is 0 Å². The first-order valence-corrected chi connectivity index (χ1v) is 6.15. The summed E-state index contributed by atoms with van der Waals surface area (Å²) >= 11 is 0. The van der Waals surface area contributed by atoms with Gasteiger partial charge in [-0.3, -0.25) is 4.79 Å². The monoisotopic (exact) mass is 250 g/mol. The molecule has 98 valence electrons. The lowest BCUT2D eigenvalue weighted by Gasteiger charge is -2.19. The highest BCUT2D eigenvalue weighted by atomic mass is 16.7. The lowest BCUT2D eigenvalue weighted by atomic mass is 9.93. The molecule has 1 N–H and O–H groups in total. The quantitative estimate of drug-likeness (QED) is 0.813. The van der Waals surface area contributed by atoms with Crippen molar-refractivity contribution in [2.45, 2.75) is 25.4 Å². The fraction of sp³-hybridized carbons (Fsp3) is 0.500. The summed E-state index contributed by atoms with van der Waals surface area (Å²) in [5.74, 6) is 0.424. The summed E-state index contributed by atoms with van der Waals surface area (Å²) in [6.07, 6.45) is 1.40. The van der Waals surface area contributed by atoms with Crippen molar-refractivity contribution in [1.29, 1.82) is 0 Å². The molecule has 0 aromatic heterocycles. The highest BCUT2D eigenvalue weighted by molar-refractivity contribution is 5.83. The summed E-state index contributed by atoms with van der Waals surface area (Å²) in [7, 11) is 1.54. The van der Waals surface area contributed by atoms with Crippen molar-refractivity contribution in [3.8, 4) is 5.75 Å². The van der Waals surface area contributed by atoms with Crippen molar-refractivity contribution in [1.82, 2.24) is 0 Å². The van der Waals surface area contributed by atoms with E-state index in [1.54, 1.807) is 19.2 Å². The number of ether oxygens (including phenoxy) is 2. The Morgan fingerprint density at radius 2 is 2.22 bits per heavy atom. The molecule has 4 heteroatoms. The lowest BCUT2D eigenvalue weighted by molar-refractivity contribution is -0.123. The zero-order valence-electron chi connectivity index (χ0n) is 10.5. The van der Waals surface area contributed by atoms with Crippen molar-refractivity contribution in [3.63, 3.8) is 0 Å². The fourth-order valence-corrected chi connectivity index (χ4v) is 2.37. The van der Waals surface area contributed by atoms with E-state index < -0.39 is 6.10 Å². The minimum Gasteiger partial charge on any atom is -0.467 e. The number of benzene rings is 1. The molecule has 2 rings (SSSR count). The van der Waals surface area contributed by atoms with E-state index in [9.17, 15) is 9.90 Å². The second kappa shape index (κ2) is 5.98. The van der Waals surface area contributed by atoms with Crippen molar-refractivity contribution in [2.24, 2.45) is 5.92 Å². The number of ketones is 1. The van der Waals surface area contributed by atoms with E-state index in [0.717, 1.165) is 12.8 Å². The van der Waals surface area contributed by atoms with Crippen LogP contribution in [0.3, 0.4) is 0 Å². The summed E-state index contributed by atoms with van der Waals surface area (Å²) in [4.78, 5) is 11.7. The van der Waals surface area contributed by atoms with Gasteiger partial charge in [-0.15, -0.1) is 0 Å². The van der Waals surface area contributed by atoms with Crippen LogP contribution in [0.15, 0.2) is 24.3 Å². The van der Waals surface area contributed by atoms with Gasteiger partial charge in [0, 0.05) is 25.0 Å². The van der Waals surface area contributed by atoms with Crippen LogP contribution >= 0.6 is 0 Å². The number of hydrogen-bond donors (Lipinski definition) is 1. The zero-order chi connectivity index (χ0) is 13.0. The summed E-state index contributed by atoms with van der Waals surface area (Å²) in [5.41, 5.74) is 0.662. The number of carbonyl (C=O) groups excluding carboxylic acids is 1. The highest BCUT2D eigenvalue weighted by Crippen LogP contribution is 2.36. The van der Waals surface area contributed by atoms with Gasteiger partial charge < -0.3 is 14.6 Å². The Kier molecular flexibility index (Phi) is 4.33. The van der Waals surface area contributed by atoms with Gasteiger partial charge in [0.25, 0.3) is 0 Å². The zero-order valence-corrected chi connectivity index (χ0v) is 10.5. The molecule has 4 nitrogen and oxygen atoms in total. The standard InChI is InChI=1S/C14H18O4/c1-17-9-18-13-8-3-2-5-11(13)14(16)10-6-4-7-12(10)15/h2-3,5,8,10,14,16H,4,6-7,9H2,1H3. The lowest BCUT2D eigenvalue weighted by Crippen LogP contribution is -2.17. The van der Waals surface area contributed by atoms with Gasteiger partial charge in [-0.2, -0.15) is 0 Å². The number of rotatable bonds is 5. The molecule has 1 fully saturated rings. The molecule has 0 radical (unpaired) electrons. The predicted octanol–water partition coefficient (Wildman–Crippen LogP) is 2.07. The number of para-hydroxylation sites is 1. The first-order chi connectivity index (χ1) is 8.74. The SMILES string of the molecule is COCOc1ccccc1C(O)C1CCCC1=O. The molecule has 18 heavy (non-hydrogen) atoms. The highest BCUT2D eigenvalue weighted by Gasteiger charge is 2.33. The normalized spacial score (nSPS) is 21.0. The average Bonchev–Trinajstić information content (AvgIpc) is 2.82. The van der Waals surface area contributed by atoms with E-state index in [4.69, 9.17) is 9.47 Å². The Hall–Kier alpha value is -1.39. The number of carbonyl (C=O) groups is 1. The summed E-state index contributed by atoms with van der Waals surface area (Å²) in [6, 6.07) is 7.23. The number of aliphatic hydroxyl groups excluding tert-OH is 1. The van der Waals surface area contributed by atoms with Gasteiger partial charge in [0.05, 0.1) is 6.10 Å². The van der Waals surface area contributed by atoms with Crippen molar-refractivity contribution < 1.29 is 19.4 Å². The van der Waals surface area contributed by atoms with Crippen LogP contribution in [0.4, 0.5) is 0 Å². The van der Waals surface area contributed by atoms with Crippen LogP contribution in [-0.2, 0) is 9.53 Å². The molecule has 0 bridgehead atoms. The molecule has 0 heterocycles. The van der Waals surface area contributed by atoms with Gasteiger partial charge in [0.1, 0.15) is 11.5 Å². The average molecular weight is 250 g/mol. The summed E-state index contributed by atoms with van der Waals surface area (Å²) < 4.78 is 10.3. The smallest absolute Gasteiger partial charge is 0.188 e. The predicted molar refractivity (Wildman–Crippen MR) is 66.3 cm³/mol. The minimum atomic E-state index is -0.784. The maximum Gasteiger partial charge on any atom is 0.188 e. The van der Waals surface area contributed by atoms with Crippen LogP contribution in [-0.4, -0.2) is 24.8 Å². The Labute approximate surface area is 107 Å². The van der Waals surface area contributed by atoms with Gasteiger partial charge in [0.15, 0.2) is 6.79 Å². The van der Waals surface area contributed by atoms with Crippen molar-refractivity contribution in [3.05, 3.63) is 29.8 Å². The molecule has 0 amide bonds. The number of hydrogen-bond acceptors (Lipinski definition) is 4. The van der Waals surface area contributed by atoms with Crippen LogP contribution in [0, 0.1) is 5.92 Å². The van der Waals surface area contributed by atoms with E-state index in [2.05, 4.69) is 0 Å². The van der Waals surface area contributed by atoms with E-state index >= 15 is 0 Å². The van der Waals surface area contributed by atoms with E-state index in [-0.39, 0.29) is 18.5 Å². The largest absolute Gasteiger partial charge is 0.467 e. The van der Waals surface area contributed by atoms with Crippen LogP contribution in [0.2, 0.25) is 0 Å². The first kappa shape index (κ1) is 13.1. The van der Waals surface area contributed by atoms with Crippen molar-refractivity contribution >= 4 is 5.78 Å². The topological polar surface area (TPSA) is 55.8 Å². The van der Waals surface area contributed by atoms with E-state index in [0.29, 0.717) is 17.7 Å². The Morgan fingerprint density at radius 1 is 1.44 bits per heavy atom. The minimum absolute atomic E-state index is 0.127. The number of methoxy groups -OCH3 is 1. The molecular weight excluding hydrogens is 232 g/mol. The molecular formula is C14H18O4. The maximum absolute atomic E-state index is 11.7. The van der Waals surface area contributed by atoms with Gasteiger partial charge in [0.2, 0.25) is 0 Å². The van der Waals surface area contributed by atoms with E-state index in [1.807, 2.05) is 12.1 Å². The van der Waals surface area contributed by atoms with Crippen LogP contribution in [0.1, 0.15) is 30.9 Å². The molecule has 2 unspecified atom stereocenters. The second-order valence-electron chi connectivity index (χ2n) is 4.50.